The third-order valence-corrected chi connectivity index (χ3v) is 7.71. The van der Waals surface area contributed by atoms with E-state index in [-0.39, 0.29) is 6.54 Å². The van der Waals surface area contributed by atoms with E-state index in [1.807, 2.05) is 6.07 Å². The molecule has 4 rings (SSSR count). The summed E-state index contributed by atoms with van der Waals surface area (Å²) in [4.78, 5) is 21.3. The first-order valence-electron chi connectivity index (χ1n) is 10.3. The number of amides is 1. The van der Waals surface area contributed by atoms with Crippen molar-refractivity contribution in [1.82, 2.24) is 14.2 Å². The summed E-state index contributed by atoms with van der Waals surface area (Å²) in [6, 6.07) is 7.95. The van der Waals surface area contributed by atoms with Gasteiger partial charge in [0.15, 0.2) is 0 Å². The van der Waals surface area contributed by atoms with Crippen molar-refractivity contribution in [2.45, 2.75) is 23.8 Å². The minimum absolute atomic E-state index is 0.176. The number of halogens is 1. The number of likely N-dealkylation sites (N-methyl/N-ethyl adjacent to an activating group) is 1. The average Bonchev–Trinajstić information content (AvgIpc) is 3.26. The Kier molecular flexibility index (Phi) is 6.22. The van der Waals surface area contributed by atoms with E-state index in [9.17, 15) is 17.6 Å². The molecule has 31 heavy (non-hydrogen) atoms. The van der Waals surface area contributed by atoms with Crippen LogP contribution in [0.3, 0.4) is 0 Å². The van der Waals surface area contributed by atoms with E-state index in [4.69, 9.17) is 0 Å². The molecule has 0 spiro atoms. The second-order valence-electron chi connectivity index (χ2n) is 7.89. The summed E-state index contributed by atoms with van der Waals surface area (Å²) in [5.74, 6) is -0.417. The maximum absolute atomic E-state index is 14.1. The van der Waals surface area contributed by atoms with E-state index in [0.717, 1.165) is 42.4 Å². The van der Waals surface area contributed by atoms with Crippen molar-refractivity contribution < 1.29 is 17.6 Å². The number of aromatic nitrogens is 1. The van der Waals surface area contributed by atoms with Gasteiger partial charge >= 0.3 is 0 Å². The summed E-state index contributed by atoms with van der Waals surface area (Å²) < 4.78 is 41.1. The zero-order valence-electron chi connectivity index (χ0n) is 17.4. The van der Waals surface area contributed by atoms with Crippen LogP contribution in [0.1, 0.15) is 12.8 Å². The van der Waals surface area contributed by atoms with Crippen LogP contribution in [0.2, 0.25) is 0 Å². The zero-order chi connectivity index (χ0) is 22.0. The topological polar surface area (TPSA) is 85.9 Å². The third kappa shape index (κ3) is 4.56. The predicted octanol–water partition coefficient (Wildman–Crippen LogP) is 1.76. The van der Waals surface area contributed by atoms with Crippen molar-refractivity contribution >= 4 is 27.4 Å². The number of rotatable bonds is 5. The lowest BCUT2D eigenvalue weighted by Crippen LogP contribution is -2.44. The minimum atomic E-state index is -4.11. The maximum Gasteiger partial charge on any atom is 0.246 e. The zero-order valence-corrected chi connectivity index (χ0v) is 18.2. The van der Waals surface area contributed by atoms with E-state index in [2.05, 4.69) is 27.1 Å². The van der Waals surface area contributed by atoms with Gasteiger partial charge in [-0.25, -0.2) is 17.8 Å². The molecule has 2 aliphatic heterocycles. The SMILES string of the molecule is CN1CCN(c2ccc(NC(=O)C3CCCN3S(=O)(=O)c3ccccc3F)cn2)CC1. The highest BCUT2D eigenvalue weighted by atomic mass is 32.2. The minimum Gasteiger partial charge on any atom is -0.354 e. The Morgan fingerprint density at radius 3 is 2.52 bits per heavy atom. The Labute approximate surface area is 181 Å². The van der Waals surface area contributed by atoms with Crippen LogP contribution in [0.25, 0.3) is 0 Å². The smallest absolute Gasteiger partial charge is 0.246 e. The van der Waals surface area contributed by atoms with Crippen LogP contribution in [0.5, 0.6) is 0 Å². The highest BCUT2D eigenvalue weighted by molar-refractivity contribution is 7.89. The van der Waals surface area contributed by atoms with Crippen LogP contribution < -0.4 is 10.2 Å². The quantitative estimate of drug-likeness (QED) is 0.752. The van der Waals surface area contributed by atoms with E-state index >= 15 is 0 Å². The van der Waals surface area contributed by atoms with Crippen LogP contribution in [-0.2, 0) is 14.8 Å². The molecule has 2 saturated heterocycles. The molecule has 1 aromatic heterocycles. The standard InChI is InChI=1S/C21H26FN5O3S/c1-25-11-13-26(14-12-25)20-9-8-16(15-23-20)24-21(28)18-6-4-10-27(18)31(29,30)19-7-3-2-5-17(19)22/h2-3,5,7-9,15,18H,4,6,10-14H2,1H3,(H,24,28). The summed E-state index contributed by atoms with van der Waals surface area (Å²) in [6.45, 7) is 3.89. The van der Waals surface area contributed by atoms with E-state index in [0.29, 0.717) is 18.5 Å². The van der Waals surface area contributed by atoms with Gasteiger partial charge in [0.05, 0.1) is 11.9 Å². The number of anilines is 2. The number of nitrogens with one attached hydrogen (secondary N) is 1. The number of benzene rings is 1. The lowest BCUT2D eigenvalue weighted by atomic mass is 10.2. The Morgan fingerprint density at radius 2 is 1.84 bits per heavy atom. The van der Waals surface area contributed by atoms with E-state index < -0.39 is 32.7 Å². The van der Waals surface area contributed by atoms with Crippen LogP contribution in [0.4, 0.5) is 15.9 Å². The largest absolute Gasteiger partial charge is 0.354 e. The van der Waals surface area contributed by atoms with Crippen molar-refractivity contribution in [3.05, 3.63) is 48.4 Å². The van der Waals surface area contributed by atoms with Crippen molar-refractivity contribution in [2.75, 3.05) is 50.0 Å². The van der Waals surface area contributed by atoms with Gasteiger partial charge in [-0.2, -0.15) is 4.31 Å². The number of piperazine rings is 1. The number of carbonyl (C=O) groups is 1. The molecule has 1 aromatic carbocycles. The van der Waals surface area contributed by atoms with Gasteiger partial charge in [-0.15, -0.1) is 0 Å². The highest BCUT2D eigenvalue weighted by Gasteiger charge is 2.40. The molecule has 1 atom stereocenters. The molecule has 0 aliphatic carbocycles. The van der Waals surface area contributed by atoms with Crippen molar-refractivity contribution in [2.24, 2.45) is 0 Å². The number of hydrogen-bond acceptors (Lipinski definition) is 6. The Hall–Kier alpha value is -2.56. The highest BCUT2D eigenvalue weighted by Crippen LogP contribution is 2.28. The molecular formula is C21H26FN5O3S. The molecule has 1 N–H and O–H groups in total. The first-order chi connectivity index (χ1) is 14.9. The fourth-order valence-electron chi connectivity index (χ4n) is 3.98. The van der Waals surface area contributed by atoms with Crippen molar-refractivity contribution in [3.8, 4) is 0 Å². The number of sulfonamides is 1. The van der Waals surface area contributed by atoms with E-state index in [1.54, 1.807) is 12.3 Å². The molecular weight excluding hydrogens is 421 g/mol. The molecule has 8 nitrogen and oxygen atoms in total. The molecule has 0 radical (unpaired) electrons. The predicted molar refractivity (Wildman–Crippen MR) is 116 cm³/mol. The summed E-state index contributed by atoms with van der Waals surface area (Å²) in [5.41, 5.74) is 0.498. The number of carbonyl (C=O) groups excluding carboxylic acids is 1. The molecule has 10 heteroatoms. The van der Waals surface area contributed by atoms with Gasteiger partial charge < -0.3 is 15.1 Å². The molecule has 0 bridgehead atoms. The lowest BCUT2D eigenvalue weighted by molar-refractivity contribution is -0.119. The van der Waals surface area contributed by atoms with Crippen molar-refractivity contribution in [1.29, 1.82) is 0 Å². The molecule has 1 unspecified atom stereocenters. The number of nitrogens with zero attached hydrogens (tertiary/aromatic N) is 4. The molecule has 1 amide bonds. The Bertz CT molecular complexity index is 1040. The van der Waals surface area contributed by atoms with Crippen LogP contribution in [0.15, 0.2) is 47.5 Å². The molecule has 166 valence electrons. The van der Waals surface area contributed by atoms with Gasteiger partial charge in [0.25, 0.3) is 0 Å². The number of hydrogen-bond donors (Lipinski definition) is 1. The van der Waals surface area contributed by atoms with Gasteiger partial charge in [-0.05, 0) is 44.2 Å². The molecule has 2 aliphatic rings. The summed E-state index contributed by atoms with van der Waals surface area (Å²) >= 11 is 0. The molecule has 0 saturated carbocycles. The van der Waals surface area contributed by atoms with Gasteiger partial charge in [-0.3, -0.25) is 4.79 Å². The van der Waals surface area contributed by atoms with Crippen LogP contribution in [-0.4, -0.2) is 74.3 Å². The van der Waals surface area contributed by atoms with Gasteiger partial charge in [0.1, 0.15) is 22.6 Å². The number of pyridine rings is 1. The monoisotopic (exact) mass is 447 g/mol. The van der Waals surface area contributed by atoms with Gasteiger partial charge in [0, 0.05) is 32.7 Å². The maximum atomic E-state index is 14.1. The van der Waals surface area contributed by atoms with Crippen LogP contribution >= 0.6 is 0 Å². The normalized spacial score (nSPS) is 20.7. The molecule has 2 aromatic rings. The Morgan fingerprint density at radius 1 is 1.10 bits per heavy atom. The van der Waals surface area contributed by atoms with Gasteiger partial charge in [0.2, 0.25) is 15.9 Å². The lowest BCUT2D eigenvalue weighted by Gasteiger charge is -2.33. The van der Waals surface area contributed by atoms with Gasteiger partial charge in [-0.1, -0.05) is 12.1 Å². The molecule has 3 heterocycles. The fraction of sp³-hybridized carbons (Fsp3) is 0.429. The summed E-state index contributed by atoms with van der Waals surface area (Å²) in [5, 5.41) is 2.76. The molecule has 2 fully saturated rings. The average molecular weight is 448 g/mol. The van der Waals surface area contributed by atoms with Crippen LogP contribution in [0, 0.1) is 5.82 Å². The third-order valence-electron chi connectivity index (χ3n) is 5.77. The summed E-state index contributed by atoms with van der Waals surface area (Å²) in [7, 11) is -2.02. The fourth-order valence-corrected chi connectivity index (χ4v) is 5.70. The first kappa shape index (κ1) is 21.7. The Balaban J connectivity index is 1.45. The second-order valence-corrected chi connectivity index (χ2v) is 9.75. The van der Waals surface area contributed by atoms with Crippen molar-refractivity contribution in [3.63, 3.8) is 0 Å². The van der Waals surface area contributed by atoms with E-state index in [1.165, 1.54) is 18.2 Å². The summed E-state index contributed by atoms with van der Waals surface area (Å²) in [6.07, 6.45) is 2.49. The second kappa shape index (κ2) is 8.89. The first-order valence-corrected chi connectivity index (χ1v) is 11.8.